The molecule has 2 aliphatic heterocycles. The van der Waals surface area contributed by atoms with E-state index < -0.39 is 5.54 Å². The molecule has 4 atom stereocenters. The van der Waals surface area contributed by atoms with Crippen LogP contribution in [0.4, 0.5) is 0 Å². The van der Waals surface area contributed by atoms with Crippen molar-refractivity contribution in [3.8, 4) is 0 Å². The minimum atomic E-state index is -0.471. The van der Waals surface area contributed by atoms with Crippen LogP contribution >= 0.6 is 0 Å². The van der Waals surface area contributed by atoms with Gasteiger partial charge in [0.2, 0.25) is 0 Å². The third kappa shape index (κ3) is 1.64. The summed E-state index contributed by atoms with van der Waals surface area (Å²) in [5.74, 6) is -0.379. The molecule has 0 saturated carbocycles. The zero-order chi connectivity index (χ0) is 14.5. The Hall–Kier alpha value is -1.39. The molecule has 0 aliphatic carbocycles. The standard InChI is InChI=1S/C16H21NO3/c1-5-19-13(18)12-15(2,3)14-17(20-14)16(12,4)11-9-7-6-8-10-11/h6-10,12,14H,5H2,1-4H3/t12-,14-,16-,17?/m1/s1. The van der Waals surface area contributed by atoms with E-state index in [-0.39, 0.29) is 23.5 Å². The summed E-state index contributed by atoms with van der Waals surface area (Å²) in [7, 11) is 0. The molecule has 2 heterocycles. The van der Waals surface area contributed by atoms with Gasteiger partial charge in [-0.15, -0.1) is 5.06 Å². The maximum atomic E-state index is 12.5. The van der Waals surface area contributed by atoms with E-state index in [9.17, 15) is 4.79 Å². The molecule has 1 aromatic carbocycles. The lowest BCUT2D eigenvalue weighted by Crippen LogP contribution is -2.46. The molecule has 0 amide bonds. The zero-order valence-electron chi connectivity index (χ0n) is 12.4. The smallest absolute Gasteiger partial charge is 0.311 e. The van der Waals surface area contributed by atoms with Gasteiger partial charge in [0.25, 0.3) is 0 Å². The van der Waals surface area contributed by atoms with Crippen molar-refractivity contribution in [2.24, 2.45) is 11.3 Å². The van der Waals surface area contributed by atoms with Crippen molar-refractivity contribution in [1.29, 1.82) is 0 Å². The van der Waals surface area contributed by atoms with E-state index in [1.807, 2.05) is 42.3 Å². The lowest BCUT2D eigenvalue weighted by atomic mass is 9.69. The highest BCUT2D eigenvalue weighted by atomic mass is 16.8. The average molecular weight is 275 g/mol. The molecule has 0 bridgehead atoms. The minimum absolute atomic E-state index is 0.0119. The van der Waals surface area contributed by atoms with Gasteiger partial charge in [-0.25, -0.2) is 0 Å². The van der Waals surface area contributed by atoms with Gasteiger partial charge in [-0.05, 0) is 19.4 Å². The molecule has 0 radical (unpaired) electrons. The van der Waals surface area contributed by atoms with Gasteiger partial charge in [-0.1, -0.05) is 44.2 Å². The number of esters is 1. The molecule has 3 rings (SSSR count). The fraction of sp³-hybridized carbons (Fsp3) is 0.562. The summed E-state index contributed by atoms with van der Waals surface area (Å²) in [6, 6.07) is 10.1. The number of hydrogen-bond acceptors (Lipinski definition) is 4. The Kier molecular flexibility index (Phi) is 2.92. The summed E-state index contributed by atoms with van der Waals surface area (Å²) in [4.78, 5) is 18.2. The van der Waals surface area contributed by atoms with E-state index in [4.69, 9.17) is 9.57 Å². The molecular weight excluding hydrogens is 254 g/mol. The Morgan fingerprint density at radius 3 is 2.55 bits per heavy atom. The Labute approximate surface area is 119 Å². The van der Waals surface area contributed by atoms with Gasteiger partial charge < -0.3 is 4.74 Å². The fourth-order valence-corrected chi connectivity index (χ4v) is 3.69. The first-order valence-corrected chi connectivity index (χ1v) is 7.12. The number of benzene rings is 1. The van der Waals surface area contributed by atoms with Crippen LogP contribution in [-0.2, 0) is 19.9 Å². The van der Waals surface area contributed by atoms with Gasteiger partial charge in [-0.3, -0.25) is 9.63 Å². The highest BCUT2D eigenvalue weighted by Gasteiger charge is 2.73. The maximum absolute atomic E-state index is 12.5. The highest BCUT2D eigenvalue weighted by molar-refractivity contribution is 5.76. The summed E-state index contributed by atoms with van der Waals surface area (Å²) in [5, 5.41) is 1.95. The lowest BCUT2D eigenvalue weighted by molar-refractivity contribution is -0.160. The molecule has 4 heteroatoms. The monoisotopic (exact) mass is 275 g/mol. The van der Waals surface area contributed by atoms with Crippen molar-refractivity contribution in [1.82, 2.24) is 5.06 Å². The average Bonchev–Trinajstić information content (AvgIpc) is 3.18. The molecule has 2 saturated heterocycles. The van der Waals surface area contributed by atoms with Gasteiger partial charge in [0, 0.05) is 5.41 Å². The van der Waals surface area contributed by atoms with Gasteiger partial charge in [-0.2, -0.15) is 0 Å². The van der Waals surface area contributed by atoms with Crippen molar-refractivity contribution in [2.45, 2.75) is 39.5 Å². The minimum Gasteiger partial charge on any atom is -0.466 e. The van der Waals surface area contributed by atoms with E-state index in [0.29, 0.717) is 6.61 Å². The topological polar surface area (TPSA) is 41.8 Å². The molecule has 2 aliphatic rings. The van der Waals surface area contributed by atoms with Crippen LogP contribution in [-0.4, -0.2) is 23.9 Å². The van der Waals surface area contributed by atoms with Crippen LogP contribution in [0.15, 0.2) is 30.3 Å². The Bertz CT molecular complexity index is 528. The molecule has 1 unspecified atom stereocenters. The summed E-state index contributed by atoms with van der Waals surface area (Å²) in [6.45, 7) is 8.47. The SMILES string of the molecule is CCOC(=O)[C@@H]1C(C)(C)[C@H]2ON2[C@]1(C)c1ccccc1. The first kappa shape index (κ1) is 13.6. The Balaban J connectivity index is 2.06. The summed E-state index contributed by atoms with van der Waals surface area (Å²) < 4.78 is 5.33. The van der Waals surface area contributed by atoms with Gasteiger partial charge in [0.05, 0.1) is 18.1 Å². The molecule has 108 valence electrons. The van der Waals surface area contributed by atoms with Crippen molar-refractivity contribution in [3.05, 3.63) is 35.9 Å². The van der Waals surface area contributed by atoms with E-state index in [2.05, 4.69) is 20.8 Å². The third-order valence-electron chi connectivity index (χ3n) is 4.66. The van der Waals surface area contributed by atoms with Gasteiger partial charge in [0.15, 0.2) is 6.23 Å². The number of hydroxylamine groups is 2. The number of carbonyl (C=O) groups is 1. The van der Waals surface area contributed by atoms with E-state index in [1.54, 1.807) is 0 Å². The van der Waals surface area contributed by atoms with Crippen molar-refractivity contribution in [2.75, 3.05) is 6.61 Å². The number of rotatable bonds is 3. The Morgan fingerprint density at radius 2 is 1.95 bits per heavy atom. The van der Waals surface area contributed by atoms with Crippen LogP contribution in [0.5, 0.6) is 0 Å². The molecule has 0 N–H and O–H groups in total. The van der Waals surface area contributed by atoms with Crippen LogP contribution in [0.3, 0.4) is 0 Å². The predicted octanol–water partition coefficient (Wildman–Crippen LogP) is 2.69. The highest BCUT2D eigenvalue weighted by Crippen LogP contribution is 2.63. The number of hydrogen-bond donors (Lipinski definition) is 0. The molecule has 0 spiro atoms. The molecule has 1 aromatic rings. The predicted molar refractivity (Wildman–Crippen MR) is 74.4 cm³/mol. The lowest BCUT2D eigenvalue weighted by Gasteiger charge is -2.37. The maximum Gasteiger partial charge on any atom is 0.311 e. The van der Waals surface area contributed by atoms with Crippen molar-refractivity contribution >= 4 is 5.97 Å². The van der Waals surface area contributed by atoms with Crippen molar-refractivity contribution < 1.29 is 14.4 Å². The van der Waals surface area contributed by atoms with E-state index in [1.165, 1.54) is 0 Å². The summed E-state index contributed by atoms with van der Waals surface area (Å²) >= 11 is 0. The van der Waals surface area contributed by atoms with Gasteiger partial charge >= 0.3 is 5.97 Å². The molecule has 0 aromatic heterocycles. The molecule has 20 heavy (non-hydrogen) atoms. The van der Waals surface area contributed by atoms with Crippen molar-refractivity contribution in [3.63, 3.8) is 0 Å². The largest absolute Gasteiger partial charge is 0.466 e. The van der Waals surface area contributed by atoms with Crippen LogP contribution in [0, 0.1) is 11.3 Å². The molecule has 4 nitrogen and oxygen atoms in total. The number of carbonyl (C=O) groups excluding carboxylic acids is 1. The van der Waals surface area contributed by atoms with E-state index in [0.717, 1.165) is 5.56 Å². The molecule has 2 fully saturated rings. The zero-order valence-corrected chi connectivity index (χ0v) is 12.4. The second-order valence-corrected chi connectivity index (χ2v) is 6.30. The normalized spacial score (nSPS) is 37.3. The summed E-state index contributed by atoms with van der Waals surface area (Å²) in [6.07, 6.45) is -0.0119. The third-order valence-corrected chi connectivity index (χ3v) is 4.66. The quantitative estimate of drug-likeness (QED) is 0.628. The first-order valence-electron chi connectivity index (χ1n) is 7.12. The fourth-order valence-electron chi connectivity index (χ4n) is 3.69. The van der Waals surface area contributed by atoms with E-state index >= 15 is 0 Å². The number of nitrogens with zero attached hydrogens (tertiary/aromatic N) is 1. The summed E-state index contributed by atoms with van der Waals surface area (Å²) in [5.41, 5.74) is 0.351. The van der Waals surface area contributed by atoms with Crippen LogP contribution in [0.2, 0.25) is 0 Å². The van der Waals surface area contributed by atoms with Gasteiger partial charge in [0.1, 0.15) is 0 Å². The number of ether oxygens (including phenoxy) is 1. The molecular formula is C16H21NO3. The first-order chi connectivity index (χ1) is 9.44. The second kappa shape index (κ2) is 4.30. The Morgan fingerprint density at radius 1 is 1.30 bits per heavy atom. The van der Waals surface area contributed by atoms with Crippen LogP contribution in [0.1, 0.15) is 33.3 Å². The van der Waals surface area contributed by atoms with Crippen LogP contribution < -0.4 is 0 Å². The second-order valence-electron chi connectivity index (χ2n) is 6.30. The number of fused-ring (bicyclic) bond motifs is 1. The van der Waals surface area contributed by atoms with Crippen LogP contribution in [0.25, 0.3) is 0 Å².